The Balaban J connectivity index is 2.57. The van der Waals surface area contributed by atoms with E-state index in [-0.39, 0.29) is 5.84 Å². The zero-order chi connectivity index (χ0) is 12.0. The second kappa shape index (κ2) is 6.16. The van der Waals surface area contributed by atoms with E-state index < -0.39 is 0 Å². The van der Waals surface area contributed by atoms with E-state index in [1.54, 1.807) is 0 Å². The fourth-order valence-electron chi connectivity index (χ4n) is 1.75. The number of rotatable bonds is 6. The average molecular weight is 219 g/mol. The van der Waals surface area contributed by atoms with Gasteiger partial charge >= 0.3 is 0 Å². The molecule has 1 rings (SSSR count). The lowest BCUT2D eigenvalue weighted by Gasteiger charge is -2.23. The van der Waals surface area contributed by atoms with Gasteiger partial charge in [0.2, 0.25) is 0 Å². The molecule has 0 aliphatic rings. The monoisotopic (exact) mass is 219 g/mol. The molecule has 0 spiro atoms. The highest BCUT2D eigenvalue weighted by atomic mass is 15.1. The summed E-state index contributed by atoms with van der Waals surface area (Å²) < 4.78 is 0. The van der Waals surface area contributed by atoms with Gasteiger partial charge in [-0.2, -0.15) is 0 Å². The Kier molecular flexibility index (Phi) is 4.83. The average Bonchev–Trinajstić information content (AvgIpc) is 2.24. The summed E-state index contributed by atoms with van der Waals surface area (Å²) in [5.41, 5.74) is 7.88. The number of aryl methyl sites for hydroxylation is 1. The van der Waals surface area contributed by atoms with Gasteiger partial charge in [-0.1, -0.05) is 12.1 Å². The molecule has 0 saturated heterocycles. The fraction of sp³-hybridized carbons (Fsp3) is 0.462. The maximum Gasteiger partial charge on any atom is 0.0905 e. The first-order chi connectivity index (χ1) is 7.63. The predicted molar refractivity (Wildman–Crippen MR) is 70.2 cm³/mol. The lowest BCUT2D eigenvalue weighted by atomic mass is 10.2. The van der Waals surface area contributed by atoms with Gasteiger partial charge < -0.3 is 10.6 Å². The smallest absolute Gasteiger partial charge is 0.0905 e. The SMILES string of the molecule is CCN(CCCC(=N)N)c1cccc(C)c1. The highest BCUT2D eigenvalue weighted by Gasteiger charge is 2.03. The number of nitrogens with one attached hydrogen (secondary N) is 1. The summed E-state index contributed by atoms with van der Waals surface area (Å²) in [5.74, 6) is 0.278. The summed E-state index contributed by atoms with van der Waals surface area (Å²) in [7, 11) is 0. The van der Waals surface area contributed by atoms with Gasteiger partial charge in [0.1, 0.15) is 0 Å². The summed E-state index contributed by atoms with van der Waals surface area (Å²) in [6.07, 6.45) is 1.62. The highest BCUT2D eigenvalue weighted by molar-refractivity contribution is 5.76. The van der Waals surface area contributed by atoms with Crippen molar-refractivity contribution in [3.8, 4) is 0 Å². The molecule has 0 saturated carbocycles. The van der Waals surface area contributed by atoms with Crippen LogP contribution in [0.3, 0.4) is 0 Å². The molecule has 0 aliphatic carbocycles. The Labute approximate surface area is 97.8 Å². The molecule has 0 amide bonds. The molecule has 3 heteroatoms. The van der Waals surface area contributed by atoms with Crippen LogP contribution in [-0.4, -0.2) is 18.9 Å². The lowest BCUT2D eigenvalue weighted by Crippen LogP contribution is -2.25. The van der Waals surface area contributed by atoms with Crippen molar-refractivity contribution >= 4 is 11.5 Å². The van der Waals surface area contributed by atoms with Gasteiger partial charge in [0, 0.05) is 25.2 Å². The van der Waals surface area contributed by atoms with Crippen molar-refractivity contribution in [2.75, 3.05) is 18.0 Å². The minimum Gasteiger partial charge on any atom is -0.388 e. The first-order valence-electron chi connectivity index (χ1n) is 5.78. The van der Waals surface area contributed by atoms with E-state index in [2.05, 4.69) is 43.0 Å². The molecule has 3 nitrogen and oxygen atoms in total. The summed E-state index contributed by atoms with van der Waals surface area (Å²) >= 11 is 0. The quantitative estimate of drug-likeness (QED) is 0.570. The molecule has 0 aromatic heterocycles. The summed E-state index contributed by atoms with van der Waals surface area (Å²) in [5, 5.41) is 7.19. The molecule has 0 bridgehead atoms. The van der Waals surface area contributed by atoms with Crippen LogP contribution in [0.4, 0.5) is 5.69 Å². The number of anilines is 1. The van der Waals surface area contributed by atoms with Gasteiger partial charge in [-0.15, -0.1) is 0 Å². The van der Waals surface area contributed by atoms with E-state index in [0.717, 1.165) is 19.5 Å². The molecule has 0 aliphatic heterocycles. The maximum absolute atomic E-state index is 7.19. The van der Waals surface area contributed by atoms with Crippen LogP contribution in [-0.2, 0) is 0 Å². The first kappa shape index (κ1) is 12.6. The van der Waals surface area contributed by atoms with Crippen molar-refractivity contribution in [1.29, 1.82) is 5.41 Å². The number of amidine groups is 1. The largest absolute Gasteiger partial charge is 0.388 e. The zero-order valence-corrected chi connectivity index (χ0v) is 10.2. The fourth-order valence-corrected chi connectivity index (χ4v) is 1.75. The minimum absolute atomic E-state index is 0.278. The van der Waals surface area contributed by atoms with Crippen LogP contribution in [0.25, 0.3) is 0 Å². The molecule has 0 atom stereocenters. The van der Waals surface area contributed by atoms with Gasteiger partial charge in [0.05, 0.1) is 5.84 Å². The Morgan fingerprint density at radius 2 is 2.19 bits per heavy atom. The van der Waals surface area contributed by atoms with Crippen LogP contribution in [0.5, 0.6) is 0 Å². The van der Waals surface area contributed by atoms with Crippen molar-refractivity contribution in [3.05, 3.63) is 29.8 Å². The van der Waals surface area contributed by atoms with Gasteiger partial charge in [-0.25, -0.2) is 0 Å². The van der Waals surface area contributed by atoms with Crippen LogP contribution in [0, 0.1) is 12.3 Å². The number of hydrogen-bond acceptors (Lipinski definition) is 2. The van der Waals surface area contributed by atoms with Crippen molar-refractivity contribution in [2.45, 2.75) is 26.7 Å². The molecule has 3 N–H and O–H groups in total. The van der Waals surface area contributed by atoms with Crippen LogP contribution in [0.1, 0.15) is 25.3 Å². The summed E-state index contributed by atoms with van der Waals surface area (Å²) in [6, 6.07) is 8.51. The van der Waals surface area contributed by atoms with E-state index >= 15 is 0 Å². The van der Waals surface area contributed by atoms with E-state index in [0.29, 0.717) is 6.42 Å². The van der Waals surface area contributed by atoms with E-state index in [1.807, 2.05) is 0 Å². The van der Waals surface area contributed by atoms with Crippen LogP contribution >= 0.6 is 0 Å². The predicted octanol–water partition coefficient (Wildman–Crippen LogP) is 2.54. The van der Waals surface area contributed by atoms with Crippen LogP contribution in [0.2, 0.25) is 0 Å². The third kappa shape index (κ3) is 3.93. The van der Waals surface area contributed by atoms with E-state index in [1.165, 1.54) is 11.3 Å². The van der Waals surface area contributed by atoms with Crippen LogP contribution < -0.4 is 10.6 Å². The molecule has 88 valence electrons. The third-order valence-electron chi connectivity index (χ3n) is 2.62. The molecule has 1 aromatic carbocycles. The minimum atomic E-state index is 0.278. The van der Waals surface area contributed by atoms with Crippen molar-refractivity contribution in [2.24, 2.45) is 5.73 Å². The first-order valence-corrected chi connectivity index (χ1v) is 5.78. The van der Waals surface area contributed by atoms with Crippen molar-refractivity contribution in [3.63, 3.8) is 0 Å². The van der Waals surface area contributed by atoms with Gasteiger partial charge in [0.15, 0.2) is 0 Å². The lowest BCUT2D eigenvalue weighted by molar-refractivity contribution is 0.764. The number of nitrogens with two attached hydrogens (primary N) is 1. The molecule has 0 heterocycles. The maximum atomic E-state index is 7.19. The Bertz CT molecular complexity index is 347. The Morgan fingerprint density at radius 3 is 2.75 bits per heavy atom. The van der Waals surface area contributed by atoms with Gasteiger partial charge in [0.25, 0.3) is 0 Å². The molecular weight excluding hydrogens is 198 g/mol. The molecule has 16 heavy (non-hydrogen) atoms. The number of benzene rings is 1. The number of hydrogen-bond donors (Lipinski definition) is 2. The summed E-state index contributed by atoms with van der Waals surface area (Å²) in [6.45, 7) is 6.20. The topological polar surface area (TPSA) is 53.1 Å². The van der Waals surface area contributed by atoms with Crippen molar-refractivity contribution in [1.82, 2.24) is 0 Å². The Morgan fingerprint density at radius 1 is 1.44 bits per heavy atom. The second-order valence-corrected chi connectivity index (χ2v) is 4.05. The zero-order valence-electron chi connectivity index (χ0n) is 10.2. The Hall–Kier alpha value is -1.51. The summed E-state index contributed by atoms with van der Waals surface area (Å²) in [4.78, 5) is 2.32. The van der Waals surface area contributed by atoms with E-state index in [4.69, 9.17) is 11.1 Å². The number of nitrogens with zero attached hydrogens (tertiary/aromatic N) is 1. The normalized spacial score (nSPS) is 10.1. The second-order valence-electron chi connectivity index (χ2n) is 4.05. The molecule has 1 aromatic rings. The van der Waals surface area contributed by atoms with Crippen molar-refractivity contribution < 1.29 is 0 Å². The van der Waals surface area contributed by atoms with Gasteiger partial charge in [-0.05, 0) is 38.0 Å². The third-order valence-corrected chi connectivity index (χ3v) is 2.62. The van der Waals surface area contributed by atoms with Crippen LogP contribution in [0.15, 0.2) is 24.3 Å². The van der Waals surface area contributed by atoms with E-state index in [9.17, 15) is 0 Å². The standard InChI is InChI=1S/C13H21N3/c1-3-16(9-5-8-13(14)15)12-7-4-6-11(2)10-12/h4,6-7,10H,3,5,8-9H2,1-2H3,(H3,14,15). The molecule has 0 fully saturated rings. The van der Waals surface area contributed by atoms with Gasteiger partial charge in [-0.3, -0.25) is 5.41 Å². The molecule has 0 unspecified atom stereocenters. The molecular formula is C13H21N3. The highest BCUT2D eigenvalue weighted by Crippen LogP contribution is 2.16. The molecule has 0 radical (unpaired) electrons.